The van der Waals surface area contributed by atoms with Crippen LogP contribution >= 0.6 is 0 Å². The van der Waals surface area contributed by atoms with Crippen LogP contribution in [0.25, 0.3) is 65.3 Å². The summed E-state index contributed by atoms with van der Waals surface area (Å²) in [6.07, 6.45) is 24.7. The van der Waals surface area contributed by atoms with Crippen molar-refractivity contribution in [2.75, 3.05) is 0 Å². The van der Waals surface area contributed by atoms with Crippen molar-refractivity contribution in [3.8, 4) is 0 Å². The molecule has 0 fully saturated rings. The molecule has 504 valence electrons. The average Bonchev–Trinajstić information content (AvgIpc) is 0.915. The summed E-state index contributed by atoms with van der Waals surface area (Å²) in [7, 11) is 0. The first-order valence-corrected chi connectivity index (χ1v) is 32.9. The lowest BCUT2D eigenvalue weighted by Crippen LogP contribution is -1.86. The van der Waals surface area contributed by atoms with Gasteiger partial charge in [0.05, 0.1) is 45.7 Å². The van der Waals surface area contributed by atoms with E-state index >= 15 is 0 Å². The molecule has 0 N–H and O–H groups in total. The van der Waals surface area contributed by atoms with Crippen molar-refractivity contribution in [2.24, 2.45) is 0 Å². The molecule has 0 saturated carbocycles. The summed E-state index contributed by atoms with van der Waals surface area (Å²) in [6, 6.07) is 76.3. The van der Waals surface area contributed by atoms with Crippen LogP contribution in [0, 0.1) is 76.2 Å². The van der Waals surface area contributed by atoms with Crippen molar-refractivity contribution >= 4 is 65.3 Å². The maximum atomic E-state index is 4.24. The molecule has 0 bridgehead atoms. The Morgan fingerprint density at radius 3 is 1.26 bits per heavy atom. The van der Waals surface area contributed by atoms with Crippen LogP contribution < -0.4 is 0 Å². The van der Waals surface area contributed by atoms with E-state index in [1.807, 2.05) is 269 Å². The van der Waals surface area contributed by atoms with Gasteiger partial charge in [0, 0.05) is 117 Å². The number of pyridine rings is 7. The van der Waals surface area contributed by atoms with Crippen LogP contribution in [0.2, 0.25) is 0 Å². The number of para-hydroxylation sites is 2. The molecule has 6 aromatic carbocycles. The van der Waals surface area contributed by atoms with Gasteiger partial charge in [-0.1, -0.05) is 151 Å². The summed E-state index contributed by atoms with van der Waals surface area (Å²) >= 11 is 0. The molecule has 11 heterocycles. The molecule has 0 aliphatic heterocycles. The van der Waals surface area contributed by atoms with Crippen molar-refractivity contribution in [1.29, 1.82) is 0 Å². The van der Waals surface area contributed by atoms with Gasteiger partial charge in [-0.2, -0.15) is 20.4 Å². The van der Waals surface area contributed by atoms with E-state index in [1.165, 1.54) is 66.6 Å². The number of hydrogen-bond acceptors (Lipinski definition) is 15. The number of aromatic nitrogens is 15. The maximum absolute atomic E-state index is 4.24. The summed E-state index contributed by atoms with van der Waals surface area (Å²) in [5.41, 5.74) is 17.7. The molecule has 0 unspecified atom stereocenters. The SMILES string of the molecule is Cc1ccccc1.Cc1ccccn1.Cc1cccnc1.Cc1ccnc2ccccc12.Cc1ccnc2cccnc12.Cc1ccncc1.Cc1ccncn1.Cc1cnnc2ccccc12.Cc1nccc2ccccc12.Cc1ncnc2ccccc12.Cc1nncc2ccccc12. The standard InChI is InChI=1S/2C10H9N.4C9H8N2.C7H8.3C6H7N.C5H6N2/c1-8-10-5-3-2-4-9(10)6-7-11-8;1-8-6-7-11-10-5-3-2-4-9(8)10;1-7-4-6-10-8-3-2-5-11-9(7)8;1-7-8-4-2-3-5-9(8)11-6-10-7;1-7-9-5-3-2-4-8(9)6-10-11-7;1-7-6-10-11-9-5-3-2-4-8(7)9;1-7-5-3-2-4-6-7;1-6-2-4-7-5-3-6;1-6-3-2-4-7-5-6;1-6-4-2-3-5-7-6;1-5-2-3-6-4-7-5/h2*2-7H,1H3;4*2-6H,1H3;2-6H,1H3;3*2-5H,1H3;2-4H,1H3. The van der Waals surface area contributed by atoms with Gasteiger partial charge in [0.25, 0.3) is 0 Å². The predicted molar refractivity (Wildman–Crippen MR) is 415 cm³/mol. The topological polar surface area (TPSA) is 193 Å². The first-order chi connectivity index (χ1) is 49.2. The minimum atomic E-state index is 0.965. The number of fused-ring (bicyclic) bond motifs is 6. The van der Waals surface area contributed by atoms with Crippen LogP contribution in [0.5, 0.6) is 0 Å². The third kappa shape index (κ3) is 27.0. The second kappa shape index (κ2) is 42.7. The highest BCUT2D eigenvalue weighted by Gasteiger charge is 2.00. The average molecular weight is 1330 g/mol. The lowest BCUT2D eigenvalue weighted by molar-refractivity contribution is 1.00. The lowest BCUT2D eigenvalue weighted by Gasteiger charge is -1.97. The molecular formula is C86H85N15. The molecule has 0 amide bonds. The number of aryl methyl sites for hydroxylation is 11. The number of hydrogen-bond donors (Lipinski definition) is 0. The summed E-state index contributed by atoms with van der Waals surface area (Å²) in [4.78, 5) is 44.4. The predicted octanol–water partition coefficient (Wildman–Crippen LogP) is 19.8. The molecule has 0 aliphatic rings. The quantitative estimate of drug-likeness (QED) is 0.139. The number of nitrogens with zero attached hydrogens (tertiary/aromatic N) is 15. The third-order valence-electron chi connectivity index (χ3n) is 14.8. The fraction of sp³-hybridized carbons (Fsp3) is 0.128. The van der Waals surface area contributed by atoms with Gasteiger partial charge in [-0.25, -0.2) is 19.9 Å². The van der Waals surface area contributed by atoms with E-state index in [2.05, 4.69) is 132 Å². The van der Waals surface area contributed by atoms with E-state index < -0.39 is 0 Å². The molecule has 0 radical (unpaired) electrons. The Morgan fingerprint density at radius 2 is 0.733 bits per heavy atom. The maximum Gasteiger partial charge on any atom is 0.116 e. The second-order valence-corrected chi connectivity index (χ2v) is 22.8. The van der Waals surface area contributed by atoms with Gasteiger partial charge in [0.2, 0.25) is 0 Å². The second-order valence-electron chi connectivity index (χ2n) is 22.8. The lowest BCUT2D eigenvalue weighted by atomic mass is 10.1. The molecule has 0 atom stereocenters. The first-order valence-electron chi connectivity index (χ1n) is 32.9. The summed E-state index contributed by atoms with van der Waals surface area (Å²) in [5, 5.41) is 24.1. The molecule has 0 spiro atoms. The Bertz CT molecular complexity index is 4310. The van der Waals surface area contributed by atoms with Crippen LogP contribution in [-0.4, -0.2) is 75.2 Å². The minimum absolute atomic E-state index is 0.965. The van der Waals surface area contributed by atoms with Gasteiger partial charge in [-0.05, 0) is 194 Å². The molecule has 15 heteroatoms. The van der Waals surface area contributed by atoms with Gasteiger partial charge in [-0.3, -0.25) is 34.9 Å². The van der Waals surface area contributed by atoms with Gasteiger partial charge in [-0.15, -0.1) is 0 Å². The fourth-order valence-corrected chi connectivity index (χ4v) is 9.29. The van der Waals surface area contributed by atoms with E-state index in [4.69, 9.17) is 0 Å². The van der Waals surface area contributed by atoms with Gasteiger partial charge in [0.1, 0.15) is 12.7 Å². The Kier molecular flexibility index (Phi) is 32.0. The zero-order valence-corrected chi connectivity index (χ0v) is 59.2. The first kappa shape index (κ1) is 75.6. The molecule has 0 aliphatic carbocycles. The van der Waals surface area contributed by atoms with Crippen LogP contribution in [0.4, 0.5) is 0 Å². The Balaban J connectivity index is 0.000000157. The summed E-state index contributed by atoms with van der Waals surface area (Å²) < 4.78 is 0. The molecule has 17 aromatic rings. The van der Waals surface area contributed by atoms with Crippen LogP contribution in [-0.2, 0) is 0 Å². The largest absolute Gasteiger partial charge is 0.265 e. The van der Waals surface area contributed by atoms with E-state index in [9.17, 15) is 0 Å². The smallest absolute Gasteiger partial charge is 0.116 e. The molecule has 0 saturated heterocycles. The van der Waals surface area contributed by atoms with Gasteiger partial charge in [0.15, 0.2) is 0 Å². The highest BCUT2D eigenvalue weighted by atomic mass is 15.1. The van der Waals surface area contributed by atoms with Crippen LogP contribution in [0.15, 0.2) is 318 Å². The third-order valence-corrected chi connectivity index (χ3v) is 14.8. The van der Waals surface area contributed by atoms with Gasteiger partial charge < -0.3 is 0 Å². The van der Waals surface area contributed by atoms with Crippen molar-refractivity contribution < 1.29 is 0 Å². The van der Waals surface area contributed by atoms with Crippen molar-refractivity contribution in [2.45, 2.75) is 76.2 Å². The summed E-state index contributed by atoms with van der Waals surface area (Å²) in [5.74, 6) is 0. The van der Waals surface area contributed by atoms with Crippen molar-refractivity contribution in [3.63, 3.8) is 0 Å². The van der Waals surface area contributed by atoms with E-state index in [0.717, 1.165) is 66.8 Å². The van der Waals surface area contributed by atoms with E-state index in [-0.39, 0.29) is 0 Å². The molecular weight excluding hydrogens is 1240 g/mol. The Labute approximate surface area is 592 Å². The number of benzene rings is 6. The van der Waals surface area contributed by atoms with Gasteiger partial charge >= 0.3 is 0 Å². The molecule has 17 rings (SSSR count). The summed E-state index contributed by atoms with van der Waals surface area (Å²) in [6.45, 7) is 22.2. The Morgan fingerprint density at radius 1 is 0.218 bits per heavy atom. The molecule has 15 nitrogen and oxygen atoms in total. The minimum Gasteiger partial charge on any atom is -0.265 e. The van der Waals surface area contributed by atoms with Crippen LogP contribution in [0.1, 0.15) is 61.9 Å². The fourth-order valence-electron chi connectivity index (χ4n) is 9.29. The van der Waals surface area contributed by atoms with E-state index in [1.54, 1.807) is 62.1 Å². The van der Waals surface area contributed by atoms with Crippen molar-refractivity contribution in [1.82, 2.24) is 75.2 Å². The number of rotatable bonds is 0. The zero-order valence-electron chi connectivity index (χ0n) is 59.2. The molecule has 11 aromatic heterocycles. The van der Waals surface area contributed by atoms with Crippen molar-refractivity contribution in [3.05, 3.63) is 379 Å². The Hall–Kier alpha value is -12.8. The zero-order chi connectivity index (χ0) is 71.7. The highest BCUT2D eigenvalue weighted by molar-refractivity contribution is 5.85. The highest BCUT2D eigenvalue weighted by Crippen LogP contribution is 2.18. The molecule has 101 heavy (non-hydrogen) atoms. The normalized spacial score (nSPS) is 9.73. The van der Waals surface area contributed by atoms with E-state index in [0.29, 0.717) is 0 Å². The van der Waals surface area contributed by atoms with Crippen LogP contribution in [0.3, 0.4) is 0 Å². The monoisotopic (exact) mass is 1330 g/mol.